The molecule has 9 heavy (non-hydrogen) atoms. The van der Waals surface area contributed by atoms with Crippen molar-refractivity contribution in [3.63, 3.8) is 0 Å². The van der Waals surface area contributed by atoms with Gasteiger partial charge in [-0.2, -0.15) is 0 Å². The molecule has 0 saturated heterocycles. The predicted octanol–water partition coefficient (Wildman–Crippen LogP) is 2.36. The molecule has 0 aliphatic heterocycles. The SMILES string of the molecule is C[Si](C)(C)[Si](C)(C)C.[K]. The van der Waals surface area contributed by atoms with E-state index in [0.29, 0.717) is 0 Å². The van der Waals surface area contributed by atoms with E-state index in [-0.39, 0.29) is 51.4 Å². The maximum absolute atomic E-state index is 2.47. The number of hydrogen-bond acceptors (Lipinski definition) is 0. The second-order valence-corrected chi connectivity index (χ2v) is 22.5. The molecule has 0 rings (SSSR count). The van der Waals surface area contributed by atoms with Crippen molar-refractivity contribution in [2.75, 3.05) is 0 Å². The van der Waals surface area contributed by atoms with Crippen LogP contribution < -0.4 is 0 Å². The molecule has 0 heterocycles. The quantitative estimate of drug-likeness (QED) is 0.550. The second kappa shape index (κ2) is 4.18. The van der Waals surface area contributed by atoms with Gasteiger partial charge in [-0.1, -0.05) is 39.3 Å². The van der Waals surface area contributed by atoms with E-state index in [2.05, 4.69) is 39.3 Å². The minimum absolute atomic E-state index is 0. The molecule has 0 unspecified atom stereocenters. The first-order valence-corrected chi connectivity index (χ1v) is 11.2. The van der Waals surface area contributed by atoms with Crippen molar-refractivity contribution in [3.05, 3.63) is 0 Å². The summed E-state index contributed by atoms with van der Waals surface area (Å²) < 4.78 is 0. The van der Waals surface area contributed by atoms with E-state index in [1.165, 1.54) is 0 Å². The van der Waals surface area contributed by atoms with Crippen molar-refractivity contribution < 1.29 is 0 Å². The van der Waals surface area contributed by atoms with Crippen molar-refractivity contribution in [2.24, 2.45) is 0 Å². The van der Waals surface area contributed by atoms with E-state index >= 15 is 0 Å². The van der Waals surface area contributed by atoms with E-state index in [0.717, 1.165) is 0 Å². The van der Waals surface area contributed by atoms with Gasteiger partial charge in [-0.15, -0.1) is 0 Å². The third-order valence-corrected chi connectivity index (χ3v) is 20.2. The Bertz CT molecular complexity index is 66.0. The topological polar surface area (TPSA) is 0 Å². The largest absolute Gasteiger partial charge is 0.0715 e. The Balaban J connectivity index is 0. The Morgan fingerprint density at radius 2 is 0.667 bits per heavy atom. The van der Waals surface area contributed by atoms with Crippen molar-refractivity contribution in [3.8, 4) is 0 Å². The summed E-state index contributed by atoms with van der Waals surface area (Å²) in [5.41, 5.74) is 0. The monoisotopic (exact) mass is 185 g/mol. The van der Waals surface area contributed by atoms with Gasteiger partial charge in [0.05, 0.1) is 0 Å². The average molecular weight is 185 g/mol. The van der Waals surface area contributed by atoms with Gasteiger partial charge in [-0.05, 0) is 0 Å². The molecule has 0 amide bonds. The third kappa shape index (κ3) is 5.35. The van der Waals surface area contributed by atoms with E-state index in [9.17, 15) is 0 Å². The molecule has 3 heteroatoms. The molecule has 0 fully saturated rings. The van der Waals surface area contributed by atoms with Gasteiger partial charge in [-0.3, -0.25) is 0 Å². The smallest absolute Gasteiger partial charge is 0.0379 e. The molecule has 1 radical (unpaired) electrons. The minimum Gasteiger partial charge on any atom is -0.0715 e. The van der Waals surface area contributed by atoms with Crippen molar-refractivity contribution >= 4 is 66.6 Å². The molecule has 51 valence electrons. The van der Waals surface area contributed by atoms with Crippen LogP contribution in [0.1, 0.15) is 0 Å². The molecule has 0 atom stereocenters. The fourth-order valence-corrected chi connectivity index (χ4v) is 0. The molecular weight excluding hydrogens is 167 g/mol. The summed E-state index contributed by atoms with van der Waals surface area (Å²) in [6.45, 7) is 14.8. The van der Waals surface area contributed by atoms with E-state index in [4.69, 9.17) is 0 Å². The zero-order valence-corrected chi connectivity index (χ0v) is 13.1. The summed E-state index contributed by atoms with van der Waals surface area (Å²) in [6, 6.07) is 0. The van der Waals surface area contributed by atoms with Crippen LogP contribution in [0.4, 0.5) is 0 Å². The zero-order chi connectivity index (χ0) is 7.00. The van der Waals surface area contributed by atoms with E-state index in [1.807, 2.05) is 0 Å². The van der Waals surface area contributed by atoms with E-state index in [1.54, 1.807) is 0 Å². The van der Waals surface area contributed by atoms with E-state index < -0.39 is 15.2 Å². The second-order valence-electron chi connectivity index (χ2n) is 4.50. The predicted molar refractivity (Wildman–Crippen MR) is 52.4 cm³/mol. The van der Waals surface area contributed by atoms with Crippen LogP contribution in [0.3, 0.4) is 0 Å². The Morgan fingerprint density at radius 3 is 0.667 bits per heavy atom. The molecule has 0 aromatic heterocycles. The molecule has 0 aliphatic carbocycles. The summed E-state index contributed by atoms with van der Waals surface area (Å²) >= 11 is 0. The van der Waals surface area contributed by atoms with Gasteiger partial charge < -0.3 is 0 Å². The Kier molecular flexibility index (Phi) is 6.34. The average Bonchev–Trinajstić information content (AvgIpc) is 1.25. The molecule has 0 saturated carbocycles. The Hall–Kier alpha value is 2.07. The normalized spacial score (nSPS) is 12.7. The van der Waals surface area contributed by atoms with Crippen LogP contribution in [0.2, 0.25) is 39.3 Å². The molecule has 0 aromatic carbocycles. The van der Waals surface area contributed by atoms with Crippen LogP contribution in [-0.4, -0.2) is 66.6 Å². The van der Waals surface area contributed by atoms with Crippen molar-refractivity contribution in [2.45, 2.75) is 39.3 Å². The standard InChI is InChI=1S/C6H18Si2.K/c1-7(2,3)8(4,5)6;/h1-6H3;. The molecular formula is C6H18KSi2. The van der Waals surface area contributed by atoms with Gasteiger partial charge in [-0.25, -0.2) is 0 Å². The summed E-state index contributed by atoms with van der Waals surface area (Å²) in [6.07, 6.45) is 0. The molecule has 0 aliphatic rings. The van der Waals surface area contributed by atoms with Crippen molar-refractivity contribution in [1.82, 2.24) is 0 Å². The number of rotatable bonds is 1. The van der Waals surface area contributed by atoms with Gasteiger partial charge in [0.25, 0.3) is 0 Å². The van der Waals surface area contributed by atoms with Crippen molar-refractivity contribution in [1.29, 1.82) is 0 Å². The first-order valence-electron chi connectivity index (χ1n) is 3.25. The molecule has 0 spiro atoms. The van der Waals surface area contributed by atoms with Gasteiger partial charge in [0.15, 0.2) is 0 Å². The fourth-order valence-electron chi connectivity index (χ4n) is 0. The zero-order valence-electron chi connectivity index (χ0n) is 8.00. The molecule has 0 nitrogen and oxygen atoms in total. The third-order valence-electron chi connectivity index (χ3n) is 2.25. The number of hydrogen-bond donors (Lipinski definition) is 0. The van der Waals surface area contributed by atoms with Gasteiger partial charge in [0.1, 0.15) is 0 Å². The Labute approximate surface area is 104 Å². The molecule has 0 bridgehead atoms. The van der Waals surface area contributed by atoms with Crippen LogP contribution in [0.5, 0.6) is 0 Å². The summed E-state index contributed by atoms with van der Waals surface area (Å²) in [5, 5.41) is 0. The summed E-state index contributed by atoms with van der Waals surface area (Å²) in [5.74, 6) is 0. The fraction of sp³-hybridized carbons (Fsp3) is 1.00. The van der Waals surface area contributed by atoms with Crippen LogP contribution in [0.25, 0.3) is 0 Å². The maximum atomic E-state index is 2.47. The van der Waals surface area contributed by atoms with Crippen LogP contribution in [-0.2, 0) is 0 Å². The summed E-state index contributed by atoms with van der Waals surface area (Å²) in [7, 11) is -1.44. The maximum Gasteiger partial charge on any atom is 0.0379 e. The van der Waals surface area contributed by atoms with Crippen LogP contribution in [0, 0.1) is 0 Å². The first kappa shape index (κ1) is 13.6. The minimum atomic E-state index is -0.720. The van der Waals surface area contributed by atoms with Gasteiger partial charge in [0.2, 0.25) is 0 Å². The Morgan fingerprint density at radius 1 is 0.556 bits per heavy atom. The molecule has 0 aromatic rings. The van der Waals surface area contributed by atoms with Gasteiger partial charge in [0, 0.05) is 66.6 Å². The van der Waals surface area contributed by atoms with Crippen LogP contribution in [0.15, 0.2) is 0 Å². The summed E-state index contributed by atoms with van der Waals surface area (Å²) in [4.78, 5) is 0. The first-order chi connectivity index (χ1) is 3.25. The van der Waals surface area contributed by atoms with Gasteiger partial charge >= 0.3 is 0 Å². The molecule has 0 N–H and O–H groups in total. The van der Waals surface area contributed by atoms with Crippen LogP contribution >= 0.6 is 0 Å².